The molecule has 0 heterocycles. The summed E-state index contributed by atoms with van der Waals surface area (Å²) in [5.41, 5.74) is 0. The van der Waals surface area contributed by atoms with Crippen molar-refractivity contribution in [2.24, 2.45) is 0 Å². The Morgan fingerprint density at radius 3 is 0.833 bits per heavy atom. The quantitative estimate of drug-likeness (QED) is 0.629. The maximum atomic E-state index is 3.97. The van der Waals surface area contributed by atoms with E-state index in [-0.39, 0.29) is 64.8 Å². The molecule has 0 radical (unpaired) electrons. The average Bonchev–Trinajstić information content (AvgIpc) is 1.93. The third kappa shape index (κ3) is 40.3. The third-order valence-corrected chi connectivity index (χ3v) is 0.894. The zero-order chi connectivity index (χ0) is 8.24. The standard InChI is InChI=1S/2C4H10N.HI.Nd/c2*1-3-5-4-2;;/h2*3-4H2,1-2H3;1H;/q2*-1;;. The predicted molar refractivity (Wildman–Crippen MR) is 64.3 cm³/mol. The fraction of sp³-hybridized carbons (Fsp3) is 1.00. The number of nitrogens with zero attached hydrogens (tertiary/aromatic N) is 2. The fourth-order valence-electron chi connectivity index (χ4n) is 0.447. The van der Waals surface area contributed by atoms with E-state index in [4.69, 9.17) is 0 Å². The largest absolute Gasteiger partial charge is 0.663 e. The molecule has 0 spiro atoms. The first-order valence-electron chi connectivity index (χ1n) is 4.09. The van der Waals surface area contributed by atoms with Gasteiger partial charge in [-0.15, -0.1) is 24.0 Å². The molecular formula is C8H21IN2Nd-2. The van der Waals surface area contributed by atoms with Crippen molar-refractivity contribution < 1.29 is 40.8 Å². The molecule has 12 heavy (non-hydrogen) atoms. The molecule has 0 aromatic heterocycles. The summed E-state index contributed by atoms with van der Waals surface area (Å²) in [7, 11) is 0. The summed E-state index contributed by atoms with van der Waals surface area (Å²) in [6, 6.07) is 0. The van der Waals surface area contributed by atoms with Gasteiger partial charge in [0.05, 0.1) is 0 Å². The Bertz CT molecular complexity index is 38.0. The van der Waals surface area contributed by atoms with Crippen molar-refractivity contribution >= 4 is 24.0 Å². The Balaban J connectivity index is -0.0000000457. The van der Waals surface area contributed by atoms with E-state index in [0.717, 1.165) is 26.2 Å². The van der Waals surface area contributed by atoms with E-state index >= 15 is 0 Å². The molecule has 0 unspecified atom stereocenters. The van der Waals surface area contributed by atoms with Crippen LogP contribution in [0.3, 0.4) is 0 Å². The second-order valence-electron chi connectivity index (χ2n) is 1.71. The van der Waals surface area contributed by atoms with Crippen molar-refractivity contribution in [2.45, 2.75) is 27.7 Å². The van der Waals surface area contributed by atoms with Gasteiger partial charge in [0, 0.05) is 40.8 Å². The molecule has 4 heteroatoms. The molecular weight excluding hydrogens is 395 g/mol. The number of hydrogen-bond acceptors (Lipinski definition) is 0. The van der Waals surface area contributed by atoms with Gasteiger partial charge in [-0.1, -0.05) is 27.7 Å². The monoisotopic (exact) mass is 414 g/mol. The van der Waals surface area contributed by atoms with E-state index in [1.807, 2.05) is 27.7 Å². The molecule has 0 rings (SSSR count). The van der Waals surface area contributed by atoms with E-state index in [0.29, 0.717) is 0 Å². The summed E-state index contributed by atoms with van der Waals surface area (Å²) in [5.74, 6) is 0. The van der Waals surface area contributed by atoms with Crippen molar-refractivity contribution in [2.75, 3.05) is 26.2 Å². The number of halogens is 1. The Morgan fingerprint density at radius 2 is 0.833 bits per heavy atom. The van der Waals surface area contributed by atoms with Crippen molar-refractivity contribution in [3.8, 4) is 0 Å². The van der Waals surface area contributed by atoms with Crippen LogP contribution in [-0.4, -0.2) is 26.2 Å². The molecule has 0 saturated carbocycles. The van der Waals surface area contributed by atoms with Crippen molar-refractivity contribution in [3.63, 3.8) is 0 Å². The van der Waals surface area contributed by atoms with E-state index < -0.39 is 0 Å². The number of hydrogen-bond donors (Lipinski definition) is 0. The molecule has 0 aliphatic carbocycles. The molecule has 0 amide bonds. The first-order valence-corrected chi connectivity index (χ1v) is 4.09. The van der Waals surface area contributed by atoms with Crippen molar-refractivity contribution in [3.05, 3.63) is 10.6 Å². The molecule has 0 aliphatic heterocycles. The maximum absolute atomic E-state index is 3.97. The van der Waals surface area contributed by atoms with Crippen LogP contribution >= 0.6 is 24.0 Å². The van der Waals surface area contributed by atoms with Crippen LogP contribution in [0.5, 0.6) is 0 Å². The minimum absolute atomic E-state index is 0. The van der Waals surface area contributed by atoms with Gasteiger partial charge in [0.25, 0.3) is 0 Å². The van der Waals surface area contributed by atoms with Gasteiger partial charge in [0.15, 0.2) is 0 Å². The molecule has 0 N–H and O–H groups in total. The summed E-state index contributed by atoms with van der Waals surface area (Å²) in [5, 5.41) is 7.94. The number of rotatable bonds is 4. The van der Waals surface area contributed by atoms with Crippen LogP contribution in [-0.2, 0) is 0 Å². The first-order chi connectivity index (χ1) is 4.83. The van der Waals surface area contributed by atoms with Gasteiger partial charge >= 0.3 is 0 Å². The topological polar surface area (TPSA) is 28.2 Å². The summed E-state index contributed by atoms with van der Waals surface area (Å²) >= 11 is 0. The Labute approximate surface area is 128 Å². The van der Waals surface area contributed by atoms with E-state index in [9.17, 15) is 0 Å². The van der Waals surface area contributed by atoms with Gasteiger partial charge in [-0.25, -0.2) is 0 Å². The molecule has 2 nitrogen and oxygen atoms in total. The van der Waals surface area contributed by atoms with Crippen LogP contribution in [0.15, 0.2) is 0 Å². The van der Waals surface area contributed by atoms with E-state index in [1.54, 1.807) is 0 Å². The van der Waals surface area contributed by atoms with Crippen molar-refractivity contribution in [1.82, 2.24) is 0 Å². The smallest absolute Gasteiger partial charge is 0 e. The van der Waals surface area contributed by atoms with Gasteiger partial charge in [-0.05, 0) is 0 Å². The van der Waals surface area contributed by atoms with Gasteiger partial charge in [-0.3, -0.25) is 0 Å². The molecule has 0 aromatic rings. The average molecular weight is 416 g/mol. The molecule has 76 valence electrons. The van der Waals surface area contributed by atoms with Crippen LogP contribution in [0.2, 0.25) is 0 Å². The van der Waals surface area contributed by atoms with Crippen LogP contribution in [0, 0.1) is 40.8 Å². The predicted octanol–water partition coefficient (Wildman–Crippen LogP) is 3.42. The van der Waals surface area contributed by atoms with Crippen LogP contribution in [0.25, 0.3) is 10.6 Å². The van der Waals surface area contributed by atoms with E-state index in [2.05, 4.69) is 10.6 Å². The zero-order valence-electron chi connectivity index (χ0n) is 8.63. The summed E-state index contributed by atoms with van der Waals surface area (Å²) < 4.78 is 0. The molecule has 0 aromatic carbocycles. The minimum atomic E-state index is 0. The molecule has 0 aliphatic rings. The Morgan fingerprint density at radius 1 is 0.667 bits per heavy atom. The fourth-order valence-corrected chi connectivity index (χ4v) is 0.447. The van der Waals surface area contributed by atoms with Crippen molar-refractivity contribution in [1.29, 1.82) is 0 Å². The van der Waals surface area contributed by atoms with Gasteiger partial charge in [-0.2, -0.15) is 26.2 Å². The molecule has 0 atom stereocenters. The normalized spacial score (nSPS) is 7.00. The summed E-state index contributed by atoms with van der Waals surface area (Å²) in [6.07, 6.45) is 0. The molecule has 0 saturated heterocycles. The SMILES string of the molecule is CC[N-]CC.CC[N-]CC.I.[Nd]. The van der Waals surface area contributed by atoms with Gasteiger partial charge in [0.2, 0.25) is 0 Å². The minimum Gasteiger partial charge on any atom is -0.663 e. The summed E-state index contributed by atoms with van der Waals surface area (Å²) in [6.45, 7) is 12.1. The first kappa shape index (κ1) is 23.7. The van der Waals surface area contributed by atoms with Gasteiger partial charge < -0.3 is 10.6 Å². The zero-order valence-corrected chi connectivity index (χ0v) is 14.2. The second-order valence-corrected chi connectivity index (χ2v) is 1.71. The van der Waals surface area contributed by atoms with Crippen LogP contribution in [0.1, 0.15) is 27.7 Å². The van der Waals surface area contributed by atoms with Crippen LogP contribution in [0.4, 0.5) is 0 Å². The Kier molecular flexibility index (Phi) is 57.7. The van der Waals surface area contributed by atoms with Gasteiger partial charge in [0.1, 0.15) is 0 Å². The van der Waals surface area contributed by atoms with E-state index in [1.165, 1.54) is 0 Å². The second kappa shape index (κ2) is 29.2. The molecule has 0 fully saturated rings. The van der Waals surface area contributed by atoms with Crippen LogP contribution < -0.4 is 0 Å². The maximum Gasteiger partial charge on any atom is 0 e. The Hall–Kier alpha value is 2.00. The molecule has 0 bridgehead atoms. The summed E-state index contributed by atoms with van der Waals surface area (Å²) in [4.78, 5) is 0. The third-order valence-electron chi connectivity index (χ3n) is 0.894.